The van der Waals surface area contributed by atoms with Crippen molar-refractivity contribution in [3.63, 3.8) is 0 Å². The molecule has 2 aliphatic heterocycles. The number of nitrogens with one attached hydrogen (secondary N) is 2. The summed E-state index contributed by atoms with van der Waals surface area (Å²) in [5.41, 5.74) is 7.44. The van der Waals surface area contributed by atoms with E-state index in [9.17, 15) is 14.7 Å². The molecule has 10 heteroatoms. The summed E-state index contributed by atoms with van der Waals surface area (Å²) in [7, 11) is 1.76. The standard InChI is InChI=1S/C36H45N3O7/c1-44-24-30-7-5-19-39(30)22-31-20-33(27-13-11-25(23-40)12-14-27)46-36(45-31)28-17-15-26(16-18-28)32-8-3-2-6-29(32)21-37-34(41)9-4-10-35(42)38-43/h2-3,6,8,11-18,30-31,33,36,40,43H,4-5,7,9-10,19-24H2,1H3,(H,37,41)(H,38,42). The van der Waals surface area contributed by atoms with Gasteiger partial charge in [-0.25, -0.2) is 5.48 Å². The van der Waals surface area contributed by atoms with Crippen LogP contribution in [0, 0.1) is 0 Å². The SMILES string of the molecule is COCC1CCCN1CC1CC(c2ccc(CO)cc2)OC(c2ccc(-c3ccccc3CNC(=O)CCCC(=O)NO)cc2)O1. The van der Waals surface area contributed by atoms with E-state index >= 15 is 0 Å². The van der Waals surface area contributed by atoms with Crippen LogP contribution in [0.1, 0.15) is 73.2 Å². The van der Waals surface area contributed by atoms with Gasteiger partial charge in [0.25, 0.3) is 0 Å². The Labute approximate surface area is 270 Å². The van der Waals surface area contributed by atoms with E-state index in [1.54, 1.807) is 12.6 Å². The highest BCUT2D eigenvalue weighted by Gasteiger charge is 2.35. The quantitative estimate of drug-likeness (QED) is 0.148. The van der Waals surface area contributed by atoms with Crippen molar-refractivity contribution in [2.45, 2.75) is 76.2 Å². The molecule has 2 saturated heterocycles. The van der Waals surface area contributed by atoms with Crippen molar-refractivity contribution in [1.29, 1.82) is 0 Å². The molecule has 10 nitrogen and oxygen atoms in total. The fourth-order valence-corrected chi connectivity index (χ4v) is 6.33. The second kappa shape index (κ2) is 16.8. The summed E-state index contributed by atoms with van der Waals surface area (Å²) < 4.78 is 18.7. The smallest absolute Gasteiger partial charge is 0.243 e. The fraction of sp³-hybridized carbons (Fsp3) is 0.444. The number of likely N-dealkylation sites (tertiary alicyclic amines) is 1. The number of carbonyl (C=O) groups is 2. The highest BCUT2D eigenvalue weighted by molar-refractivity contribution is 5.78. The number of hydrogen-bond acceptors (Lipinski definition) is 8. The molecule has 0 radical (unpaired) electrons. The molecule has 0 saturated carbocycles. The number of ether oxygens (including phenoxy) is 3. The van der Waals surface area contributed by atoms with Gasteiger partial charge in [-0.15, -0.1) is 0 Å². The van der Waals surface area contributed by atoms with Crippen molar-refractivity contribution in [3.8, 4) is 11.1 Å². The molecule has 0 aromatic heterocycles. The van der Waals surface area contributed by atoms with E-state index in [2.05, 4.69) is 22.3 Å². The van der Waals surface area contributed by atoms with Crippen molar-refractivity contribution in [2.75, 3.05) is 26.8 Å². The molecule has 2 aliphatic rings. The van der Waals surface area contributed by atoms with Gasteiger partial charge in [0.15, 0.2) is 6.29 Å². The molecular weight excluding hydrogens is 586 g/mol. The molecular formula is C36H45N3O7. The third kappa shape index (κ3) is 9.00. The minimum absolute atomic E-state index is 0.00334. The number of hydroxylamine groups is 1. The zero-order chi connectivity index (χ0) is 32.3. The maximum absolute atomic E-state index is 12.3. The van der Waals surface area contributed by atoms with Crippen molar-refractivity contribution < 1.29 is 34.1 Å². The molecule has 246 valence electrons. The number of amides is 2. The summed E-state index contributed by atoms with van der Waals surface area (Å²) >= 11 is 0. The first kappa shape index (κ1) is 33.7. The molecule has 4 N–H and O–H groups in total. The average Bonchev–Trinajstić information content (AvgIpc) is 3.53. The Morgan fingerprint density at radius 2 is 1.70 bits per heavy atom. The lowest BCUT2D eigenvalue weighted by molar-refractivity contribution is -0.253. The zero-order valence-electron chi connectivity index (χ0n) is 26.4. The van der Waals surface area contributed by atoms with Crippen LogP contribution in [0.5, 0.6) is 0 Å². The molecule has 46 heavy (non-hydrogen) atoms. The first-order valence-corrected chi connectivity index (χ1v) is 16.1. The molecule has 0 spiro atoms. The number of aliphatic hydroxyl groups excluding tert-OH is 1. The van der Waals surface area contributed by atoms with E-state index in [1.165, 1.54) is 0 Å². The Bertz CT molecular complexity index is 1420. The first-order chi connectivity index (χ1) is 22.5. The van der Waals surface area contributed by atoms with Crippen LogP contribution in [0.2, 0.25) is 0 Å². The topological polar surface area (TPSA) is 130 Å². The van der Waals surface area contributed by atoms with Crippen molar-refractivity contribution >= 4 is 11.8 Å². The van der Waals surface area contributed by atoms with Crippen molar-refractivity contribution in [2.24, 2.45) is 0 Å². The van der Waals surface area contributed by atoms with E-state index in [4.69, 9.17) is 19.4 Å². The van der Waals surface area contributed by atoms with E-state index in [-0.39, 0.29) is 37.6 Å². The molecule has 2 heterocycles. The monoisotopic (exact) mass is 631 g/mol. The third-order valence-corrected chi connectivity index (χ3v) is 8.83. The van der Waals surface area contributed by atoms with Crippen LogP contribution in [-0.2, 0) is 37.0 Å². The van der Waals surface area contributed by atoms with Crippen LogP contribution < -0.4 is 10.8 Å². The Hall–Kier alpha value is -3.64. The highest BCUT2D eigenvalue weighted by atomic mass is 16.7. The molecule has 4 unspecified atom stereocenters. The number of methoxy groups -OCH3 is 1. The number of hydrogen-bond donors (Lipinski definition) is 4. The second-order valence-electron chi connectivity index (χ2n) is 12.0. The minimum atomic E-state index is -0.541. The number of carbonyl (C=O) groups excluding carboxylic acids is 2. The lowest BCUT2D eigenvalue weighted by atomic mass is 9.97. The summed E-state index contributed by atoms with van der Waals surface area (Å²) in [5.74, 6) is -0.657. The van der Waals surface area contributed by atoms with Gasteiger partial charge in [0.05, 0.1) is 25.4 Å². The number of rotatable bonds is 14. The maximum atomic E-state index is 12.3. The largest absolute Gasteiger partial charge is 0.392 e. The van der Waals surface area contributed by atoms with Gasteiger partial charge in [0, 0.05) is 51.1 Å². The number of benzene rings is 3. The molecule has 2 fully saturated rings. The van der Waals surface area contributed by atoms with Gasteiger partial charge in [0.1, 0.15) is 0 Å². The van der Waals surface area contributed by atoms with Crippen LogP contribution in [-0.4, -0.2) is 66.0 Å². The number of aliphatic hydroxyl groups is 1. The zero-order valence-corrected chi connectivity index (χ0v) is 26.4. The fourth-order valence-electron chi connectivity index (χ4n) is 6.33. The second-order valence-corrected chi connectivity index (χ2v) is 12.0. The van der Waals surface area contributed by atoms with E-state index in [1.807, 2.05) is 60.7 Å². The van der Waals surface area contributed by atoms with Gasteiger partial charge in [-0.2, -0.15) is 0 Å². The molecule has 0 aliphatic carbocycles. The Morgan fingerprint density at radius 1 is 0.957 bits per heavy atom. The van der Waals surface area contributed by atoms with Gasteiger partial charge in [-0.05, 0) is 53.6 Å². The van der Waals surface area contributed by atoms with Gasteiger partial charge in [-0.3, -0.25) is 19.7 Å². The molecule has 3 aromatic rings. The van der Waals surface area contributed by atoms with Crippen LogP contribution in [0.3, 0.4) is 0 Å². The summed E-state index contributed by atoms with van der Waals surface area (Å²) in [6.07, 6.45) is 2.94. The van der Waals surface area contributed by atoms with Crippen molar-refractivity contribution in [3.05, 3.63) is 95.1 Å². The van der Waals surface area contributed by atoms with Crippen molar-refractivity contribution in [1.82, 2.24) is 15.7 Å². The third-order valence-electron chi connectivity index (χ3n) is 8.83. The van der Waals surface area contributed by atoms with Crippen LogP contribution >= 0.6 is 0 Å². The van der Waals surface area contributed by atoms with Gasteiger partial charge < -0.3 is 24.6 Å². The molecule has 4 atom stereocenters. The molecule has 2 amide bonds. The van der Waals surface area contributed by atoms with E-state index in [0.717, 1.165) is 65.7 Å². The minimum Gasteiger partial charge on any atom is -0.392 e. The first-order valence-electron chi connectivity index (χ1n) is 16.1. The molecule has 3 aromatic carbocycles. The predicted molar refractivity (Wildman–Crippen MR) is 172 cm³/mol. The summed E-state index contributed by atoms with van der Waals surface area (Å²) in [6.45, 7) is 2.92. The summed E-state index contributed by atoms with van der Waals surface area (Å²) in [6, 6.07) is 24.5. The lowest BCUT2D eigenvalue weighted by Gasteiger charge is -2.38. The van der Waals surface area contributed by atoms with Crippen LogP contribution in [0.4, 0.5) is 0 Å². The van der Waals surface area contributed by atoms with E-state index in [0.29, 0.717) is 25.6 Å². The van der Waals surface area contributed by atoms with Gasteiger partial charge in [-0.1, -0.05) is 72.8 Å². The Morgan fingerprint density at radius 3 is 2.43 bits per heavy atom. The van der Waals surface area contributed by atoms with E-state index < -0.39 is 12.2 Å². The molecule has 5 rings (SSSR count). The van der Waals surface area contributed by atoms with Crippen LogP contribution in [0.15, 0.2) is 72.8 Å². The maximum Gasteiger partial charge on any atom is 0.243 e. The van der Waals surface area contributed by atoms with Gasteiger partial charge >= 0.3 is 0 Å². The number of nitrogens with zero attached hydrogens (tertiary/aromatic N) is 1. The highest BCUT2D eigenvalue weighted by Crippen LogP contribution is 2.39. The Kier molecular flexibility index (Phi) is 12.3. The predicted octanol–water partition coefficient (Wildman–Crippen LogP) is 4.79. The molecule has 0 bridgehead atoms. The lowest BCUT2D eigenvalue weighted by Crippen LogP contribution is -2.42. The average molecular weight is 632 g/mol. The summed E-state index contributed by atoms with van der Waals surface area (Å²) in [4.78, 5) is 26.0. The van der Waals surface area contributed by atoms with Crippen LogP contribution in [0.25, 0.3) is 11.1 Å². The summed E-state index contributed by atoms with van der Waals surface area (Å²) in [5, 5.41) is 21.1. The normalized spacial score (nSPS) is 21.6. The van der Waals surface area contributed by atoms with Gasteiger partial charge in [0.2, 0.25) is 11.8 Å². The Balaban J connectivity index is 1.28.